The summed E-state index contributed by atoms with van der Waals surface area (Å²) in [5, 5.41) is 11.9. The van der Waals surface area contributed by atoms with Gasteiger partial charge in [-0.15, -0.1) is 0 Å². The maximum atomic E-state index is 13.8. The fraction of sp³-hybridized carbons (Fsp3) is 0.538. The van der Waals surface area contributed by atoms with Crippen LogP contribution in [0.4, 0.5) is 13.2 Å². The molecule has 8 heteroatoms. The minimum Gasteiger partial charge on any atom is -0.377 e. The van der Waals surface area contributed by atoms with E-state index in [1.54, 1.807) is 18.3 Å². The number of nitrogens with one attached hydrogen (secondary N) is 1. The Bertz CT molecular complexity index is 1010. The summed E-state index contributed by atoms with van der Waals surface area (Å²) in [5.74, 6) is 0. The van der Waals surface area contributed by atoms with Gasteiger partial charge < -0.3 is 4.74 Å². The molecule has 1 aromatic heterocycles. The minimum absolute atomic E-state index is 0.265. The lowest BCUT2D eigenvalue weighted by molar-refractivity contribution is -0.268. The Morgan fingerprint density at radius 2 is 1.88 bits per heavy atom. The average molecular weight is 473 g/mol. The second kappa shape index (κ2) is 9.29. The highest BCUT2D eigenvalue weighted by Gasteiger charge is 2.60. The number of hydrogen-bond acceptors (Lipinski definition) is 5. The van der Waals surface area contributed by atoms with Gasteiger partial charge in [-0.05, 0) is 74.9 Å². The molecule has 1 aromatic carbocycles. The van der Waals surface area contributed by atoms with Gasteiger partial charge in [-0.25, -0.2) is 0 Å². The molecule has 0 radical (unpaired) electrons. The summed E-state index contributed by atoms with van der Waals surface area (Å²) in [6.07, 6.45) is -0.306. The Hall–Kier alpha value is -2.47. The molecule has 0 spiro atoms. The van der Waals surface area contributed by atoms with Crippen LogP contribution >= 0.6 is 0 Å². The number of hydrogen-bond donors (Lipinski definition) is 1. The van der Waals surface area contributed by atoms with E-state index in [1.807, 2.05) is 30.3 Å². The van der Waals surface area contributed by atoms with Crippen molar-refractivity contribution in [1.29, 1.82) is 5.26 Å². The second-order valence-corrected chi connectivity index (χ2v) is 10.2. The van der Waals surface area contributed by atoms with E-state index in [9.17, 15) is 13.2 Å². The topological polar surface area (TPSA) is 61.2 Å². The molecule has 182 valence electrons. The number of pyridine rings is 1. The van der Waals surface area contributed by atoms with Gasteiger partial charge in [0.25, 0.3) is 0 Å². The summed E-state index contributed by atoms with van der Waals surface area (Å²) < 4.78 is 46.3. The van der Waals surface area contributed by atoms with Gasteiger partial charge in [0.1, 0.15) is 0 Å². The Labute approximate surface area is 198 Å². The molecule has 2 aliphatic rings. The van der Waals surface area contributed by atoms with Gasteiger partial charge in [0.2, 0.25) is 0 Å². The number of aryl methyl sites for hydroxylation is 1. The van der Waals surface area contributed by atoms with Crippen LogP contribution in [0.5, 0.6) is 0 Å². The first-order valence-electron chi connectivity index (χ1n) is 11.6. The molecule has 34 heavy (non-hydrogen) atoms. The number of halogens is 3. The zero-order chi connectivity index (χ0) is 24.5. The van der Waals surface area contributed by atoms with E-state index < -0.39 is 11.7 Å². The zero-order valence-electron chi connectivity index (χ0n) is 19.7. The van der Waals surface area contributed by atoms with Crippen LogP contribution < -0.4 is 5.32 Å². The molecule has 5 nitrogen and oxygen atoms in total. The van der Waals surface area contributed by atoms with E-state index in [0.717, 1.165) is 37.1 Å². The van der Waals surface area contributed by atoms with Crippen LogP contribution in [0.1, 0.15) is 43.5 Å². The van der Waals surface area contributed by atoms with E-state index in [4.69, 9.17) is 10.00 Å². The molecule has 2 aliphatic heterocycles. The Morgan fingerprint density at radius 1 is 1.15 bits per heavy atom. The van der Waals surface area contributed by atoms with Crippen molar-refractivity contribution in [1.82, 2.24) is 15.2 Å². The molecule has 1 N–H and O–H groups in total. The summed E-state index contributed by atoms with van der Waals surface area (Å²) in [6.45, 7) is 5.29. The van der Waals surface area contributed by atoms with Crippen LogP contribution in [-0.4, -0.2) is 54.4 Å². The van der Waals surface area contributed by atoms with Crippen LogP contribution in [-0.2, 0) is 16.7 Å². The van der Waals surface area contributed by atoms with Crippen molar-refractivity contribution in [2.45, 2.75) is 50.4 Å². The average Bonchev–Trinajstić information content (AvgIpc) is 3.22. The first kappa shape index (κ1) is 24.6. The summed E-state index contributed by atoms with van der Waals surface area (Å²) >= 11 is 0. The number of nitriles is 1. The predicted molar refractivity (Wildman–Crippen MR) is 123 cm³/mol. The van der Waals surface area contributed by atoms with Gasteiger partial charge in [-0.1, -0.05) is 18.2 Å². The molecular formula is C26H31F3N4O. The number of benzene rings is 1. The lowest BCUT2D eigenvalue weighted by atomic mass is 9.79. The molecule has 4 rings (SSSR count). The molecule has 0 bridgehead atoms. The molecule has 2 fully saturated rings. The Morgan fingerprint density at radius 3 is 2.44 bits per heavy atom. The fourth-order valence-corrected chi connectivity index (χ4v) is 4.92. The summed E-state index contributed by atoms with van der Waals surface area (Å²) in [4.78, 5) is 6.88. The third-order valence-corrected chi connectivity index (χ3v) is 7.59. The number of ether oxygens (including phenoxy) is 1. The van der Waals surface area contributed by atoms with E-state index >= 15 is 0 Å². The largest absolute Gasteiger partial charge is 0.411 e. The van der Waals surface area contributed by atoms with Gasteiger partial charge >= 0.3 is 6.18 Å². The maximum Gasteiger partial charge on any atom is 0.411 e. The van der Waals surface area contributed by atoms with Crippen molar-refractivity contribution in [2.75, 3.05) is 32.8 Å². The Balaban J connectivity index is 1.53. The van der Waals surface area contributed by atoms with Gasteiger partial charge in [0.05, 0.1) is 36.1 Å². The third-order valence-electron chi connectivity index (χ3n) is 7.59. The van der Waals surface area contributed by atoms with E-state index in [2.05, 4.69) is 35.1 Å². The molecule has 2 aromatic rings. The maximum absolute atomic E-state index is 13.8. The Kier molecular flexibility index (Phi) is 6.74. The number of aromatic nitrogens is 1. The van der Waals surface area contributed by atoms with Crippen LogP contribution in [0.25, 0.3) is 0 Å². The van der Waals surface area contributed by atoms with Crippen molar-refractivity contribution in [2.24, 2.45) is 5.41 Å². The SMILES string of the molecule is CC(C)(c1ccccn1)N1CC[C@@](CCc2ccc(C#N)cc2)(CNC2(C(F)(F)F)COC2)C1. The monoisotopic (exact) mass is 472 g/mol. The smallest absolute Gasteiger partial charge is 0.377 e. The van der Waals surface area contributed by atoms with Crippen LogP contribution in [0.3, 0.4) is 0 Å². The number of rotatable bonds is 8. The van der Waals surface area contributed by atoms with Gasteiger partial charge in [-0.3, -0.25) is 15.2 Å². The lowest BCUT2D eigenvalue weighted by Crippen LogP contribution is -2.70. The highest BCUT2D eigenvalue weighted by Crippen LogP contribution is 2.43. The quantitative estimate of drug-likeness (QED) is 0.616. The molecule has 0 saturated carbocycles. The fourth-order valence-electron chi connectivity index (χ4n) is 4.92. The predicted octanol–water partition coefficient (Wildman–Crippen LogP) is 4.43. The molecule has 0 amide bonds. The minimum atomic E-state index is -4.36. The molecule has 0 unspecified atom stereocenters. The van der Waals surface area contributed by atoms with E-state index in [0.29, 0.717) is 12.1 Å². The van der Waals surface area contributed by atoms with E-state index in [-0.39, 0.29) is 30.7 Å². The van der Waals surface area contributed by atoms with Crippen molar-refractivity contribution < 1.29 is 17.9 Å². The first-order valence-corrected chi connectivity index (χ1v) is 11.6. The highest BCUT2D eigenvalue weighted by molar-refractivity contribution is 5.31. The normalized spacial score (nSPS) is 22.8. The lowest BCUT2D eigenvalue weighted by Gasteiger charge is -2.45. The first-order chi connectivity index (χ1) is 16.1. The van der Waals surface area contributed by atoms with Gasteiger partial charge in [-0.2, -0.15) is 18.4 Å². The van der Waals surface area contributed by atoms with E-state index in [1.165, 1.54) is 0 Å². The van der Waals surface area contributed by atoms with Crippen molar-refractivity contribution in [3.8, 4) is 6.07 Å². The van der Waals surface area contributed by atoms with Crippen molar-refractivity contribution in [3.05, 3.63) is 65.5 Å². The number of likely N-dealkylation sites (tertiary alicyclic amines) is 1. The molecule has 1 atom stereocenters. The van der Waals surface area contributed by atoms with Crippen molar-refractivity contribution in [3.63, 3.8) is 0 Å². The number of nitrogens with zero attached hydrogens (tertiary/aromatic N) is 3. The van der Waals surface area contributed by atoms with Crippen LogP contribution in [0.15, 0.2) is 48.7 Å². The molecule has 3 heterocycles. The zero-order valence-corrected chi connectivity index (χ0v) is 19.7. The summed E-state index contributed by atoms with van der Waals surface area (Å²) in [7, 11) is 0. The van der Waals surface area contributed by atoms with Crippen LogP contribution in [0.2, 0.25) is 0 Å². The summed E-state index contributed by atoms with van der Waals surface area (Å²) in [6, 6.07) is 15.4. The third kappa shape index (κ3) is 4.83. The number of alkyl halides is 3. The molecule has 2 saturated heterocycles. The summed E-state index contributed by atoms with van der Waals surface area (Å²) in [5.41, 5.74) is 0.00923. The highest BCUT2D eigenvalue weighted by atomic mass is 19.4. The van der Waals surface area contributed by atoms with Gasteiger partial charge in [0.15, 0.2) is 5.54 Å². The van der Waals surface area contributed by atoms with Gasteiger partial charge in [0, 0.05) is 19.3 Å². The molecule has 0 aliphatic carbocycles. The van der Waals surface area contributed by atoms with Crippen LogP contribution in [0, 0.1) is 16.7 Å². The van der Waals surface area contributed by atoms with Crippen molar-refractivity contribution >= 4 is 0 Å². The second-order valence-electron chi connectivity index (χ2n) is 10.2. The molecular weight excluding hydrogens is 441 g/mol. The standard InChI is InChI=1S/C26H31F3N4O/c1-23(2,22-5-3-4-13-31-22)33-14-12-24(17-33,11-10-20-6-8-21(15-30)9-7-20)16-32-25(18-34-19-25)26(27,28)29/h3-9,13,32H,10-12,14,16-19H2,1-2H3/t24-/m0/s1.